The lowest BCUT2D eigenvalue weighted by atomic mass is 10.1. The maximum absolute atomic E-state index is 12.3. The fourth-order valence-electron chi connectivity index (χ4n) is 1.78. The third-order valence-electron chi connectivity index (χ3n) is 2.83. The van der Waals surface area contributed by atoms with E-state index in [4.69, 9.17) is 5.73 Å². The van der Waals surface area contributed by atoms with Crippen molar-refractivity contribution in [3.8, 4) is 5.75 Å². The van der Waals surface area contributed by atoms with E-state index in [1.54, 1.807) is 0 Å². The highest BCUT2D eigenvalue weighted by molar-refractivity contribution is 5.97. The predicted octanol–water partition coefficient (Wildman–Crippen LogP) is 1.03. The standard InChI is InChI=1S/C13H17N3O5/c1-2-3-6-15(8-12(14)18)13(19)9-4-5-10(16(20)21)11(17)7-9/h4-5,7,17H,2-3,6,8H2,1H3,(H2,14,18). The summed E-state index contributed by atoms with van der Waals surface area (Å²) in [6, 6.07) is 3.30. The Bertz CT molecular complexity index is 559. The number of benzene rings is 1. The van der Waals surface area contributed by atoms with Crippen molar-refractivity contribution in [1.82, 2.24) is 4.90 Å². The van der Waals surface area contributed by atoms with Gasteiger partial charge in [0.05, 0.1) is 11.5 Å². The van der Waals surface area contributed by atoms with Crippen molar-refractivity contribution in [3.05, 3.63) is 33.9 Å². The van der Waals surface area contributed by atoms with E-state index in [0.29, 0.717) is 13.0 Å². The zero-order chi connectivity index (χ0) is 16.0. The molecule has 0 radical (unpaired) electrons. The van der Waals surface area contributed by atoms with Crippen LogP contribution in [0.15, 0.2) is 18.2 Å². The van der Waals surface area contributed by atoms with Gasteiger partial charge in [-0.3, -0.25) is 19.7 Å². The molecule has 0 aliphatic heterocycles. The van der Waals surface area contributed by atoms with Crippen LogP contribution in [0.5, 0.6) is 5.75 Å². The fourth-order valence-corrected chi connectivity index (χ4v) is 1.78. The van der Waals surface area contributed by atoms with E-state index in [0.717, 1.165) is 18.6 Å². The lowest BCUT2D eigenvalue weighted by Crippen LogP contribution is -2.39. The maximum atomic E-state index is 12.3. The van der Waals surface area contributed by atoms with Crippen molar-refractivity contribution in [1.29, 1.82) is 0 Å². The number of nitrogens with two attached hydrogens (primary N) is 1. The minimum Gasteiger partial charge on any atom is -0.502 e. The minimum absolute atomic E-state index is 0.0652. The van der Waals surface area contributed by atoms with Crippen LogP contribution in [-0.2, 0) is 4.79 Å². The van der Waals surface area contributed by atoms with Gasteiger partial charge in [-0.05, 0) is 18.6 Å². The van der Waals surface area contributed by atoms with Gasteiger partial charge >= 0.3 is 5.69 Å². The zero-order valence-electron chi connectivity index (χ0n) is 11.6. The van der Waals surface area contributed by atoms with Gasteiger partial charge in [0.15, 0.2) is 5.75 Å². The third kappa shape index (κ3) is 4.44. The molecule has 1 aromatic carbocycles. The Morgan fingerprint density at radius 3 is 2.57 bits per heavy atom. The SMILES string of the molecule is CCCCN(CC(N)=O)C(=O)c1ccc([N+](=O)[O-])c(O)c1. The highest BCUT2D eigenvalue weighted by Gasteiger charge is 2.21. The number of nitrogens with zero attached hydrogens (tertiary/aromatic N) is 2. The normalized spacial score (nSPS) is 10.1. The number of carbonyl (C=O) groups excluding carboxylic acids is 2. The monoisotopic (exact) mass is 295 g/mol. The van der Waals surface area contributed by atoms with Crippen LogP contribution in [-0.4, -0.2) is 39.8 Å². The van der Waals surface area contributed by atoms with Crippen LogP contribution in [0.1, 0.15) is 30.1 Å². The molecule has 0 aromatic heterocycles. The quantitative estimate of drug-likeness (QED) is 0.573. The van der Waals surface area contributed by atoms with Gasteiger partial charge in [0.2, 0.25) is 5.91 Å². The minimum atomic E-state index is -0.748. The van der Waals surface area contributed by atoms with Gasteiger partial charge in [0.1, 0.15) is 0 Å². The summed E-state index contributed by atoms with van der Waals surface area (Å²) in [7, 11) is 0. The lowest BCUT2D eigenvalue weighted by Gasteiger charge is -2.21. The van der Waals surface area contributed by atoms with Gasteiger partial charge in [0, 0.05) is 18.2 Å². The van der Waals surface area contributed by atoms with Crippen molar-refractivity contribution >= 4 is 17.5 Å². The first-order valence-corrected chi connectivity index (χ1v) is 6.41. The number of rotatable bonds is 7. The molecule has 0 heterocycles. The van der Waals surface area contributed by atoms with Gasteiger partial charge in [0.25, 0.3) is 5.91 Å². The Morgan fingerprint density at radius 2 is 2.10 bits per heavy atom. The van der Waals surface area contributed by atoms with Crippen molar-refractivity contribution in [2.45, 2.75) is 19.8 Å². The molecule has 2 amide bonds. The second kappa shape index (κ2) is 7.22. The molecule has 0 bridgehead atoms. The van der Waals surface area contributed by atoms with Crippen molar-refractivity contribution in [2.75, 3.05) is 13.1 Å². The van der Waals surface area contributed by atoms with Gasteiger partial charge in [-0.25, -0.2) is 0 Å². The van der Waals surface area contributed by atoms with E-state index in [9.17, 15) is 24.8 Å². The number of nitro benzene ring substituents is 1. The third-order valence-corrected chi connectivity index (χ3v) is 2.83. The second-order valence-electron chi connectivity index (χ2n) is 4.51. The van der Waals surface area contributed by atoms with Gasteiger partial charge in [-0.15, -0.1) is 0 Å². The Balaban J connectivity index is 2.99. The van der Waals surface area contributed by atoms with Gasteiger partial charge in [-0.2, -0.15) is 0 Å². The van der Waals surface area contributed by atoms with E-state index < -0.39 is 28.2 Å². The maximum Gasteiger partial charge on any atom is 0.310 e. The second-order valence-corrected chi connectivity index (χ2v) is 4.51. The first-order chi connectivity index (χ1) is 9.86. The largest absolute Gasteiger partial charge is 0.502 e. The molecular formula is C13H17N3O5. The highest BCUT2D eigenvalue weighted by atomic mass is 16.6. The van der Waals surface area contributed by atoms with Gasteiger partial charge < -0.3 is 15.7 Å². The van der Waals surface area contributed by atoms with E-state index in [-0.39, 0.29) is 12.1 Å². The fraction of sp³-hybridized carbons (Fsp3) is 0.385. The number of phenols is 1. The van der Waals surface area contributed by atoms with Crippen LogP contribution in [0.3, 0.4) is 0 Å². The van der Waals surface area contributed by atoms with Crippen molar-refractivity contribution < 1.29 is 19.6 Å². The van der Waals surface area contributed by atoms with Crippen molar-refractivity contribution in [3.63, 3.8) is 0 Å². The number of carbonyl (C=O) groups is 2. The summed E-state index contributed by atoms with van der Waals surface area (Å²) in [6.45, 7) is 2.04. The molecule has 8 heteroatoms. The number of hydrogen-bond acceptors (Lipinski definition) is 5. The molecule has 1 rings (SSSR count). The Hall–Kier alpha value is -2.64. The molecule has 0 saturated carbocycles. The number of amides is 2. The van der Waals surface area contributed by atoms with E-state index in [2.05, 4.69) is 0 Å². The van der Waals surface area contributed by atoms with E-state index in [1.807, 2.05) is 6.92 Å². The summed E-state index contributed by atoms with van der Waals surface area (Å²) < 4.78 is 0. The van der Waals surface area contributed by atoms with Gasteiger partial charge in [-0.1, -0.05) is 13.3 Å². The van der Waals surface area contributed by atoms with Crippen molar-refractivity contribution in [2.24, 2.45) is 5.73 Å². The molecule has 0 unspecified atom stereocenters. The molecule has 0 aliphatic carbocycles. The van der Waals surface area contributed by atoms with E-state index >= 15 is 0 Å². The molecule has 3 N–H and O–H groups in total. The molecule has 0 spiro atoms. The first kappa shape index (κ1) is 16.4. The number of primary amides is 1. The summed E-state index contributed by atoms with van der Waals surface area (Å²) in [4.78, 5) is 34.4. The molecule has 0 fully saturated rings. The Kier molecular flexibility index (Phi) is 5.65. The average Bonchev–Trinajstić information content (AvgIpc) is 2.41. The molecular weight excluding hydrogens is 278 g/mol. The van der Waals surface area contributed by atoms with Crippen LogP contribution in [0.25, 0.3) is 0 Å². The molecule has 0 saturated heterocycles. The highest BCUT2D eigenvalue weighted by Crippen LogP contribution is 2.26. The lowest BCUT2D eigenvalue weighted by molar-refractivity contribution is -0.385. The molecule has 8 nitrogen and oxygen atoms in total. The summed E-state index contributed by atoms with van der Waals surface area (Å²) in [5.74, 6) is -1.75. The molecule has 21 heavy (non-hydrogen) atoms. The van der Waals surface area contributed by atoms with Crippen LogP contribution >= 0.6 is 0 Å². The first-order valence-electron chi connectivity index (χ1n) is 6.41. The topological polar surface area (TPSA) is 127 Å². The van der Waals surface area contributed by atoms with E-state index in [1.165, 1.54) is 11.0 Å². The van der Waals surface area contributed by atoms with Crippen LogP contribution in [0, 0.1) is 10.1 Å². The molecule has 0 atom stereocenters. The smallest absolute Gasteiger partial charge is 0.310 e. The van der Waals surface area contributed by atoms with Crippen LogP contribution in [0.4, 0.5) is 5.69 Å². The zero-order valence-corrected chi connectivity index (χ0v) is 11.6. The van der Waals surface area contributed by atoms with Crippen LogP contribution in [0.2, 0.25) is 0 Å². The number of phenolic OH excluding ortho intramolecular Hbond substituents is 1. The average molecular weight is 295 g/mol. The number of nitro groups is 1. The number of unbranched alkanes of at least 4 members (excludes halogenated alkanes) is 1. The predicted molar refractivity (Wildman–Crippen MR) is 74.8 cm³/mol. The van der Waals surface area contributed by atoms with Crippen LogP contribution < -0.4 is 5.73 Å². The number of hydrogen-bond donors (Lipinski definition) is 2. The summed E-state index contributed by atoms with van der Waals surface area (Å²) >= 11 is 0. The molecule has 114 valence electrons. The molecule has 0 aliphatic rings. The summed E-state index contributed by atoms with van der Waals surface area (Å²) in [5, 5.41) is 20.2. The Morgan fingerprint density at radius 1 is 1.43 bits per heavy atom. The number of aromatic hydroxyl groups is 1. The summed E-state index contributed by atoms with van der Waals surface area (Å²) in [5.41, 5.74) is 4.68. The molecule has 1 aromatic rings. The Labute approximate surface area is 121 Å². The summed E-state index contributed by atoms with van der Waals surface area (Å²) in [6.07, 6.45) is 1.52.